The predicted octanol–water partition coefficient (Wildman–Crippen LogP) is 3.35. The molecule has 0 saturated carbocycles. The fourth-order valence-corrected chi connectivity index (χ4v) is 2.73. The molecule has 2 heterocycles. The number of amides is 1. The molecule has 1 unspecified atom stereocenters. The molecule has 0 aliphatic carbocycles. The highest BCUT2D eigenvalue weighted by Gasteiger charge is 2.18. The highest BCUT2D eigenvalue weighted by Crippen LogP contribution is 2.25. The maximum atomic E-state index is 12.3. The second kappa shape index (κ2) is 7.51. The minimum Gasteiger partial charge on any atom is -0.351 e. The lowest BCUT2D eigenvalue weighted by molar-refractivity contribution is 0.0952. The molecule has 1 atom stereocenters. The molecule has 24 heavy (non-hydrogen) atoms. The molecular formula is C20H19N3O. The molecule has 0 radical (unpaired) electrons. The van der Waals surface area contributed by atoms with Crippen molar-refractivity contribution in [1.29, 1.82) is 0 Å². The second-order valence-corrected chi connectivity index (χ2v) is 5.62. The Kier molecular flexibility index (Phi) is 4.96. The molecule has 1 amide bonds. The van der Waals surface area contributed by atoms with Crippen LogP contribution >= 0.6 is 0 Å². The first-order valence-corrected chi connectivity index (χ1v) is 7.90. The number of aromatic nitrogens is 2. The third kappa shape index (κ3) is 3.66. The van der Waals surface area contributed by atoms with Gasteiger partial charge in [-0.05, 0) is 42.3 Å². The monoisotopic (exact) mass is 317 g/mol. The summed E-state index contributed by atoms with van der Waals surface area (Å²) in [5.41, 5.74) is 3.85. The van der Waals surface area contributed by atoms with Crippen LogP contribution in [0.4, 0.5) is 0 Å². The number of carbonyl (C=O) groups is 1. The summed E-state index contributed by atoms with van der Waals surface area (Å²) in [6, 6.07) is 17.6. The Morgan fingerprint density at radius 2 is 1.88 bits per heavy atom. The fraction of sp³-hybridized carbons (Fsp3) is 0.150. The smallest absolute Gasteiger partial charge is 0.252 e. The van der Waals surface area contributed by atoms with Crippen molar-refractivity contribution in [3.8, 4) is 0 Å². The van der Waals surface area contributed by atoms with Crippen molar-refractivity contribution in [2.45, 2.75) is 12.8 Å². The lowest BCUT2D eigenvalue weighted by Crippen LogP contribution is -2.29. The molecule has 4 heteroatoms. The van der Waals surface area contributed by atoms with Gasteiger partial charge in [0.2, 0.25) is 0 Å². The SMILES string of the molecule is Cc1ccccc1C(CNC(=O)c1cccnc1)c1ccccn1. The van der Waals surface area contributed by atoms with Crippen molar-refractivity contribution >= 4 is 5.91 Å². The van der Waals surface area contributed by atoms with Gasteiger partial charge in [0.1, 0.15) is 0 Å². The quantitative estimate of drug-likeness (QED) is 0.785. The van der Waals surface area contributed by atoms with Gasteiger partial charge in [0, 0.05) is 36.7 Å². The van der Waals surface area contributed by atoms with E-state index in [2.05, 4.69) is 34.3 Å². The molecule has 0 saturated heterocycles. The van der Waals surface area contributed by atoms with Crippen LogP contribution in [0.3, 0.4) is 0 Å². The van der Waals surface area contributed by atoms with Gasteiger partial charge < -0.3 is 5.32 Å². The van der Waals surface area contributed by atoms with Gasteiger partial charge >= 0.3 is 0 Å². The zero-order chi connectivity index (χ0) is 16.8. The van der Waals surface area contributed by atoms with E-state index in [1.165, 1.54) is 11.1 Å². The Morgan fingerprint density at radius 1 is 1.04 bits per heavy atom. The highest BCUT2D eigenvalue weighted by atomic mass is 16.1. The van der Waals surface area contributed by atoms with Crippen molar-refractivity contribution in [2.24, 2.45) is 0 Å². The first-order chi connectivity index (χ1) is 11.8. The van der Waals surface area contributed by atoms with Crippen molar-refractivity contribution < 1.29 is 4.79 Å². The summed E-state index contributed by atoms with van der Waals surface area (Å²) in [6.45, 7) is 2.56. The zero-order valence-electron chi connectivity index (χ0n) is 13.5. The van der Waals surface area contributed by atoms with Gasteiger partial charge in [-0.15, -0.1) is 0 Å². The molecule has 3 rings (SSSR count). The number of carbonyl (C=O) groups excluding carboxylic acids is 1. The maximum Gasteiger partial charge on any atom is 0.252 e. The van der Waals surface area contributed by atoms with Crippen molar-refractivity contribution in [3.63, 3.8) is 0 Å². The van der Waals surface area contributed by atoms with E-state index in [1.54, 1.807) is 30.7 Å². The van der Waals surface area contributed by atoms with Crippen LogP contribution < -0.4 is 5.32 Å². The van der Waals surface area contributed by atoms with E-state index in [0.717, 1.165) is 5.69 Å². The standard InChI is InChI=1S/C20H19N3O/c1-15-7-2-3-9-17(15)18(19-10-4-5-12-22-19)14-23-20(24)16-8-6-11-21-13-16/h2-13,18H,14H2,1H3,(H,23,24). The number of pyridine rings is 2. The first kappa shape index (κ1) is 15.9. The van der Waals surface area contributed by atoms with Gasteiger partial charge in [-0.25, -0.2) is 0 Å². The van der Waals surface area contributed by atoms with Gasteiger partial charge in [0.15, 0.2) is 0 Å². The minimum atomic E-state index is -0.127. The van der Waals surface area contributed by atoms with Gasteiger partial charge in [-0.1, -0.05) is 30.3 Å². The van der Waals surface area contributed by atoms with E-state index in [0.29, 0.717) is 12.1 Å². The second-order valence-electron chi connectivity index (χ2n) is 5.62. The number of aryl methyl sites for hydroxylation is 1. The number of rotatable bonds is 5. The van der Waals surface area contributed by atoms with Crippen LogP contribution in [-0.4, -0.2) is 22.4 Å². The number of benzene rings is 1. The van der Waals surface area contributed by atoms with E-state index in [9.17, 15) is 4.79 Å². The van der Waals surface area contributed by atoms with E-state index in [4.69, 9.17) is 0 Å². The minimum absolute atomic E-state index is 0.00743. The Labute approximate surface area is 141 Å². The van der Waals surface area contributed by atoms with Crippen LogP contribution in [-0.2, 0) is 0 Å². The number of nitrogens with zero attached hydrogens (tertiary/aromatic N) is 2. The number of hydrogen-bond acceptors (Lipinski definition) is 3. The van der Waals surface area contributed by atoms with Crippen LogP contribution in [0, 0.1) is 6.92 Å². The summed E-state index contributed by atoms with van der Waals surface area (Å²) >= 11 is 0. The Bertz CT molecular complexity index is 803. The summed E-state index contributed by atoms with van der Waals surface area (Å²) in [4.78, 5) is 20.8. The number of nitrogens with one attached hydrogen (secondary N) is 1. The average molecular weight is 317 g/mol. The molecule has 0 spiro atoms. The summed E-state index contributed by atoms with van der Waals surface area (Å²) in [5.74, 6) is -0.120. The lowest BCUT2D eigenvalue weighted by atomic mass is 9.91. The molecule has 4 nitrogen and oxygen atoms in total. The molecule has 1 N–H and O–H groups in total. The van der Waals surface area contributed by atoms with Crippen molar-refractivity contribution in [3.05, 3.63) is 95.6 Å². The van der Waals surface area contributed by atoms with Crippen molar-refractivity contribution in [2.75, 3.05) is 6.54 Å². The normalized spacial score (nSPS) is 11.7. The third-order valence-corrected chi connectivity index (χ3v) is 4.00. The number of hydrogen-bond donors (Lipinski definition) is 1. The summed E-state index contributed by atoms with van der Waals surface area (Å²) in [5, 5.41) is 3.00. The van der Waals surface area contributed by atoms with Gasteiger partial charge in [0.25, 0.3) is 5.91 Å². The summed E-state index contributed by atoms with van der Waals surface area (Å²) in [6.07, 6.45) is 5.00. The van der Waals surface area contributed by atoms with Gasteiger partial charge in [-0.2, -0.15) is 0 Å². The van der Waals surface area contributed by atoms with E-state index in [1.807, 2.05) is 30.3 Å². The molecule has 0 aliphatic heterocycles. The Hall–Kier alpha value is -3.01. The maximum absolute atomic E-state index is 12.3. The molecule has 0 fully saturated rings. The first-order valence-electron chi connectivity index (χ1n) is 7.90. The fourth-order valence-electron chi connectivity index (χ4n) is 2.73. The Balaban J connectivity index is 1.84. The molecule has 2 aromatic heterocycles. The highest BCUT2D eigenvalue weighted by molar-refractivity contribution is 5.93. The average Bonchev–Trinajstić information content (AvgIpc) is 2.65. The van der Waals surface area contributed by atoms with Gasteiger partial charge in [-0.3, -0.25) is 14.8 Å². The topological polar surface area (TPSA) is 54.9 Å². The third-order valence-electron chi connectivity index (χ3n) is 4.00. The Morgan fingerprint density at radius 3 is 2.58 bits per heavy atom. The summed E-state index contributed by atoms with van der Waals surface area (Å²) in [7, 11) is 0. The van der Waals surface area contributed by atoms with Crippen LogP contribution in [0.2, 0.25) is 0 Å². The zero-order valence-corrected chi connectivity index (χ0v) is 13.5. The molecule has 3 aromatic rings. The van der Waals surface area contributed by atoms with E-state index >= 15 is 0 Å². The molecule has 0 aliphatic rings. The van der Waals surface area contributed by atoms with E-state index < -0.39 is 0 Å². The van der Waals surface area contributed by atoms with Crippen LogP contribution in [0.1, 0.15) is 33.1 Å². The molecule has 120 valence electrons. The lowest BCUT2D eigenvalue weighted by Gasteiger charge is -2.19. The molecule has 1 aromatic carbocycles. The van der Waals surface area contributed by atoms with Crippen LogP contribution in [0.25, 0.3) is 0 Å². The predicted molar refractivity (Wildman–Crippen MR) is 93.8 cm³/mol. The molecule has 0 bridgehead atoms. The van der Waals surface area contributed by atoms with Gasteiger partial charge in [0.05, 0.1) is 5.56 Å². The van der Waals surface area contributed by atoms with E-state index in [-0.39, 0.29) is 11.8 Å². The van der Waals surface area contributed by atoms with Crippen molar-refractivity contribution in [1.82, 2.24) is 15.3 Å². The van der Waals surface area contributed by atoms with Crippen LogP contribution in [0.15, 0.2) is 73.2 Å². The summed E-state index contributed by atoms with van der Waals surface area (Å²) < 4.78 is 0. The van der Waals surface area contributed by atoms with Crippen LogP contribution in [0.5, 0.6) is 0 Å². The largest absolute Gasteiger partial charge is 0.351 e. The molecular weight excluding hydrogens is 298 g/mol.